The van der Waals surface area contributed by atoms with Crippen molar-refractivity contribution in [2.45, 2.75) is 45.6 Å². The molecule has 0 aliphatic heterocycles. The first-order valence-electron chi connectivity index (χ1n) is 9.71. The number of hydrogen-bond acceptors (Lipinski definition) is 7. The second kappa shape index (κ2) is 18.5. The Bertz CT molecular complexity index is 512. The van der Waals surface area contributed by atoms with Gasteiger partial charge in [0.05, 0.1) is 11.7 Å². The smallest absolute Gasteiger partial charge is 0.220 e. The van der Waals surface area contributed by atoms with E-state index in [9.17, 15) is 14.4 Å². The van der Waals surface area contributed by atoms with Gasteiger partial charge in [-0.2, -0.15) is 0 Å². The fourth-order valence-corrected chi connectivity index (χ4v) is 2.37. The first-order chi connectivity index (χ1) is 13.5. The van der Waals surface area contributed by atoms with Crippen LogP contribution >= 0.6 is 12.2 Å². The third kappa shape index (κ3) is 18.9. The van der Waals surface area contributed by atoms with Crippen LogP contribution in [0.1, 0.15) is 39.5 Å². The lowest BCUT2D eigenvalue weighted by molar-refractivity contribution is -0.123. The molecular formula is C18H34N6O3S. The lowest BCUT2D eigenvalue weighted by Gasteiger charge is -2.15. The van der Waals surface area contributed by atoms with Crippen LogP contribution in [0, 0.1) is 0 Å². The lowest BCUT2D eigenvalue weighted by Crippen LogP contribution is -2.42. The van der Waals surface area contributed by atoms with Crippen LogP contribution in [-0.2, 0) is 14.4 Å². The van der Waals surface area contributed by atoms with Crippen molar-refractivity contribution in [1.29, 1.82) is 0 Å². The number of nitrogens with one attached hydrogen (secondary N) is 5. The summed E-state index contributed by atoms with van der Waals surface area (Å²) in [7, 11) is 0. The number of isothiocyanates is 1. The predicted molar refractivity (Wildman–Crippen MR) is 113 cm³/mol. The minimum Gasteiger partial charge on any atom is -0.356 e. The van der Waals surface area contributed by atoms with Crippen LogP contribution in [0.3, 0.4) is 0 Å². The van der Waals surface area contributed by atoms with Gasteiger partial charge >= 0.3 is 0 Å². The van der Waals surface area contributed by atoms with E-state index in [4.69, 9.17) is 0 Å². The summed E-state index contributed by atoms with van der Waals surface area (Å²) in [5, 5.41) is 17.1. The SMILES string of the molecule is CC(=O)NCCNCCNCC(C)NC(=O)CCCC(=O)NCCCN=C=S. The maximum atomic E-state index is 11.9. The molecule has 10 heteroatoms. The number of thiocarbonyl (C=S) groups is 1. The van der Waals surface area contributed by atoms with E-state index in [1.54, 1.807) is 0 Å². The molecule has 9 nitrogen and oxygen atoms in total. The van der Waals surface area contributed by atoms with Gasteiger partial charge in [-0.3, -0.25) is 14.4 Å². The quantitative estimate of drug-likeness (QED) is 0.125. The molecule has 0 rings (SSSR count). The van der Waals surface area contributed by atoms with Crippen molar-refractivity contribution in [1.82, 2.24) is 26.6 Å². The minimum atomic E-state index is -0.0557. The van der Waals surface area contributed by atoms with E-state index in [1.165, 1.54) is 6.92 Å². The van der Waals surface area contributed by atoms with Crippen LogP contribution in [0.15, 0.2) is 4.99 Å². The van der Waals surface area contributed by atoms with Gasteiger partial charge in [0.25, 0.3) is 0 Å². The summed E-state index contributed by atoms with van der Waals surface area (Å²) in [6.07, 6.45) is 1.91. The molecule has 0 aromatic rings. The van der Waals surface area contributed by atoms with Gasteiger partial charge in [-0.1, -0.05) is 0 Å². The molecule has 0 saturated carbocycles. The van der Waals surface area contributed by atoms with E-state index in [-0.39, 0.29) is 23.8 Å². The maximum Gasteiger partial charge on any atom is 0.220 e. The Balaban J connectivity index is 3.53. The van der Waals surface area contributed by atoms with Crippen LogP contribution < -0.4 is 26.6 Å². The zero-order valence-electron chi connectivity index (χ0n) is 16.9. The van der Waals surface area contributed by atoms with E-state index in [0.717, 1.165) is 26.1 Å². The number of carbonyl (C=O) groups is 3. The van der Waals surface area contributed by atoms with Crippen LogP contribution in [0.5, 0.6) is 0 Å². The molecule has 0 bridgehead atoms. The van der Waals surface area contributed by atoms with E-state index < -0.39 is 0 Å². The van der Waals surface area contributed by atoms with Crippen molar-refractivity contribution in [2.24, 2.45) is 4.99 Å². The monoisotopic (exact) mass is 414 g/mol. The topological polar surface area (TPSA) is 124 Å². The Morgan fingerprint density at radius 1 is 0.929 bits per heavy atom. The predicted octanol–water partition coefficient (Wildman–Crippen LogP) is -0.414. The molecule has 0 aliphatic rings. The Kier molecular flexibility index (Phi) is 17.3. The van der Waals surface area contributed by atoms with Crippen molar-refractivity contribution in [3.05, 3.63) is 0 Å². The van der Waals surface area contributed by atoms with Gasteiger partial charge in [0, 0.05) is 65.1 Å². The zero-order valence-corrected chi connectivity index (χ0v) is 17.8. The van der Waals surface area contributed by atoms with Crippen LogP contribution in [0.2, 0.25) is 0 Å². The fraction of sp³-hybridized carbons (Fsp3) is 0.778. The Morgan fingerprint density at radius 2 is 1.61 bits per heavy atom. The molecule has 0 aliphatic carbocycles. The van der Waals surface area contributed by atoms with Crippen LogP contribution in [0.4, 0.5) is 0 Å². The molecule has 0 fully saturated rings. The highest BCUT2D eigenvalue weighted by Gasteiger charge is 2.08. The summed E-state index contributed by atoms with van der Waals surface area (Å²) >= 11 is 4.46. The second-order valence-electron chi connectivity index (χ2n) is 6.44. The van der Waals surface area contributed by atoms with E-state index in [2.05, 4.69) is 49.0 Å². The minimum absolute atomic E-state index is 0.0162. The third-order valence-corrected chi connectivity index (χ3v) is 3.78. The van der Waals surface area contributed by atoms with Crippen LogP contribution in [0.25, 0.3) is 0 Å². The van der Waals surface area contributed by atoms with E-state index >= 15 is 0 Å². The number of amides is 3. The fourth-order valence-electron chi connectivity index (χ4n) is 2.27. The van der Waals surface area contributed by atoms with Gasteiger partial charge in [-0.15, -0.1) is 0 Å². The summed E-state index contributed by atoms with van der Waals surface area (Å²) < 4.78 is 0. The van der Waals surface area contributed by atoms with Crippen molar-refractivity contribution in [2.75, 3.05) is 45.8 Å². The summed E-state index contributed by atoms with van der Waals surface area (Å²) in [5.74, 6) is -0.135. The molecule has 1 unspecified atom stereocenters. The normalized spacial score (nSPS) is 11.2. The highest BCUT2D eigenvalue weighted by Crippen LogP contribution is 1.96. The number of hydrogen-bond donors (Lipinski definition) is 5. The van der Waals surface area contributed by atoms with Crippen molar-refractivity contribution in [3.63, 3.8) is 0 Å². The highest BCUT2D eigenvalue weighted by atomic mass is 32.1. The zero-order chi connectivity index (χ0) is 21.0. The number of carbonyl (C=O) groups excluding carboxylic acids is 3. The number of rotatable bonds is 17. The van der Waals surface area contributed by atoms with Crippen molar-refractivity contribution >= 4 is 35.1 Å². The van der Waals surface area contributed by atoms with Crippen LogP contribution in [-0.4, -0.2) is 74.7 Å². The Morgan fingerprint density at radius 3 is 2.32 bits per heavy atom. The van der Waals surface area contributed by atoms with Gasteiger partial charge in [0.1, 0.15) is 0 Å². The molecule has 0 aromatic carbocycles. The summed E-state index contributed by atoms with van der Waals surface area (Å²) in [6, 6.07) is 0.0162. The highest BCUT2D eigenvalue weighted by molar-refractivity contribution is 7.78. The first kappa shape index (κ1) is 26.1. The van der Waals surface area contributed by atoms with Gasteiger partial charge in [-0.05, 0) is 32.0 Å². The molecule has 0 aromatic heterocycles. The van der Waals surface area contributed by atoms with Gasteiger partial charge in [-0.25, -0.2) is 4.99 Å². The molecule has 0 saturated heterocycles. The number of nitrogens with zero attached hydrogens (tertiary/aromatic N) is 1. The molecule has 5 N–H and O–H groups in total. The molecule has 1 atom stereocenters. The van der Waals surface area contributed by atoms with Gasteiger partial charge in [0.15, 0.2) is 0 Å². The second-order valence-corrected chi connectivity index (χ2v) is 6.62. The third-order valence-electron chi connectivity index (χ3n) is 3.65. The molecular weight excluding hydrogens is 380 g/mol. The van der Waals surface area contributed by atoms with Gasteiger partial charge < -0.3 is 26.6 Å². The molecule has 0 heterocycles. The largest absolute Gasteiger partial charge is 0.356 e. The molecule has 0 spiro atoms. The standard InChI is InChI=1S/C18H34N6O3S/c1-15(13-20-10-9-19-11-12-22-16(2)25)24-18(27)6-3-5-17(26)23-8-4-7-21-14-28/h15,19-20H,3-13H2,1-2H3,(H,22,25)(H,23,26)(H,24,27). The molecule has 160 valence electrons. The van der Waals surface area contributed by atoms with Crippen molar-refractivity contribution < 1.29 is 14.4 Å². The Labute approximate surface area is 172 Å². The van der Waals surface area contributed by atoms with Gasteiger partial charge in [0.2, 0.25) is 17.7 Å². The Hall–Kier alpha value is -1.87. The number of aliphatic imine (C=N–C) groups is 1. The summed E-state index contributed by atoms with van der Waals surface area (Å²) in [4.78, 5) is 38.0. The summed E-state index contributed by atoms with van der Waals surface area (Å²) in [5.41, 5.74) is 0. The summed E-state index contributed by atoms with van der Waals surface area (Å²) in [6.45, 7) is 8.11. The maximum absolute atomic E-state index is 11.9. The van der Waals surface area contributed by atoms with Crippen molar-refractivity contribution in [3.8, 4) is 0 Å². The molecule has 28 heavy (non-hydrogen) atoms. The molecule has 3 amide bonds. The van der Waals surface area contributed by atoms with E-state index in [1.807, 2.05) is 6.92 Å². The average Bonchev–Trinajstić information content (AvgIpc) is 2.63. The van der Waals surface area contributed by atoms with E-state index in [0.29, 0.717) is 45.4 Å². The first-order valence-corrected chi connectivity index (χ1v) is 10.1. The average molecular weight is 415 g/mol. The molecule has 0 radical (unpaired) electrons. The lowest BCUT2D eigenvalue weighted by atomic mass is 10.2.